The summed E-state index contributed by atoms with van der Waals surface area (Å²) in [6, 6.07) is 11.4. The van der Waals surface area contributed by atoms with Crippen LogP contribution in [0.5, 0.6) is 0 Å². The molecular weight excluding hydrogens is 248 g/mol. The molecule has 1 aliphatic rings. The summed E-state index contributed by atoms with van der Waals surface area (Å²) in [6.45, 7) is 6.31. The molecule has 0 spiro atoms. The minimum Gasteiger partial charge on any atom is -0.359 e. The van der Waals surface area contributed by atoms with Crippen LogP contribution in [-0.4, -0.2) is 16.6 Å². The number of rotatable bonds is 4. The summed E-state index contributed by atoms with van der Waals surface area (Å²) in [4.78, 5) is 2.50. The van der Waals surface area contributed by atoms with Crippen LogP contribution in [0, 0.1) is 6.92 Å². The fourth-order valence-electron chi connectivity index (χ4n) is 2.99. The quantitative estimate of drug-likeness (QED) is 0.844. The SMILES string of the molecule is CCc1ccc(CN2CCC[C@@H]2c2cc(C)no2)cc1. The van der Waals surface area contributed by atoms with Crippen LogP contribution < -0.4 is 0 Å². The first kappa shape index (κ1) is 13.4. The van der Waals surface area contributed by atoms with Crippen LogP contribution in [0.1, 0.15) is 48.4 Å². The van der Waals surface area contributed by atoms with Gasteiger partial charge < -0.3 is 4.52 Å². The third-order valence-electron chi connectivity index (χ3n) is 4.16. The van der Waals surface area contributed by atoms with Crippen LogP contribution in [0.3, 0.4) is 0 Å². The van der Waals surface area contributed by atoms with E-state index in [-0.39, 0.29) is 0 Å². The molecule has 2 heterocycles. The van der Waals surface area contributed by atoms with Crippen molar-refractivity contribution in [3.8, 4) is 0 Å². The van der Waals surface area contributed by atoms with Crippen molar-refractivity contribution < 1.29 is 4.52 Å². The van der Waals surface area contributed by atoms with Gasteiger partial charge in [0.15, 0.2) is 5.76 Å². The highest BCUT2D eigenvalue weighted by Crippen LogP contribution is 2.33. The second-order valence-corrected chi connectivity index (χ2v) is 5.67. The van der Waals surface area contributed by atoms with Crippen molar-refractivity contribution in [1.82, 2.24) is 10.1 Å². The lowest BCUT2D eigenvalue weighted by molar-refractivity contribution is 0.206. The van der Waals surface area contributed by atoms with Gasteiger partial charge in [0.2, 0.25) is 0 Å². The molecule has 0 unspecified atom stereocenters. The first-order valence-electron chi connectivity index (χ1n) is 7.51. The van der Waals surface area contributed by atoms with E-state index in [1.807, 2.05) is 6.92 Å². The van der Waals surface area contributed by atoms with E-state index in [1.165, 1.54) is 24.0 Å². The van der Waals surface area contributed by atoms with E-state index < -0.39 is 0 Å². The predicted molar refractivity (Wildman–Crippen MR) is 79.4 cm³/mol. The largest absolute Gasteiger partial charge is 0.359 e. The summed E-state index contributed by atoms with van der Waals surface area (Å²) < 4.78 is 5.46. The van der Waals surface area contributed by atoms with Crippen molar-refractivity contribution in [1.29, 1.82) is 0 Å². The summed E-state index contributed by atoms with van der Waals surface area (Å²) in [7, 11) is 0. The zero-order valence-electron chi connectivity index (χ0n) is 12.3. The summed E-state index contributed by atoms with van der Waals surface area (Å²) in [5, 5.41) is 4.02. The van der Waals surface area contributed by atoms with Crippen molar-refractivity contribution in [3.63, 3.8) is 0 Å². The van der Waals surface area contributed by atoms with Crippen molar-refractivity contribution in [2.45, 2.75) is 45.7 Å². The molecule has 1 aromatic heterocycles. The molecule has 0 bridgehead atoms. The van der Waals surface area contributed by atoms with E-state index in [0.29, 0.717) is 6.04 Å². The molecule has 106 valence electrons. The standard InChI is InChI=1S/C17H22N2O/c1-3-14-6-8-15(9-7-14)12-19-10-4-5-16(19)17-11-13(2)18-20-17/h6-9,11,16H,3-5,10,12H2,1-2H3/t16-/m1/s1. The Hall–Kier alpha value is -1.61. The van der Waals surface area contributed by atoms with Crippen LogP contribution in [-0.2, 0) is 13.0 Å². The lowest BCUT2D eigenvalue weighted by atomic mass is 10.1. The molecule has 1 saturated heterocycles. The van der Waals surface area contributed by atoms with E-state index in [0.717, 1.165) is 31.0 Å². The Morgan fingerprint density at radius 2 is 2.00 bits per heavy atom. The highest BCUT2D eigenvalue weighted by Gasteiger charge is 2.28. The van der Waals surface area contributed by atoms with Gasteiger partial charge in [-0.05, 0) is 43.9 Å². The van der Waals surface area contributed by atoms with Crippen molar-refractivity contribution >= 4 is 0 Å². The van der Waals surface area contributed by atoms with E-state index >= 15 is 0 Å². The second kappa shape index (κ2) is 5.80. The van der Waals surface area contributed by atoms with Gasteiger partial charge in [-0.3, -0.25) is 4.90 Å². The molecule has 3 heteroatoms. The fraction of sp³-hybridized carbons (Fsp3) is 0.471. The lowest BCUT2D eigenvalue weighted by Crippen LogP contribution is -2.22. The predicted octanol–water partition coefficient (Wildman–Crippen LogP) is 3.88. The molecular formula is C17H22N2O. The molecule has 1 fully saturated rings. The molecule has 2 aromatic rings. The number of hydrogen-bond donors (Lipinski definition) is 0. The van der Waals surface area contributed by atoms with Gasteiger partial charge in [0.05, 0.1) is 11.7 Å². The number of aromatic nitrogens is 1. The van der Waals surface area contributed by atoms with Gasteiger partial charge >= 0.3 is 0 Å². The Bertz CT molecular complexity index is 559. The zero-order valence-corrected chi connectivity index (χ0v) is 12.3. The van der Waals surface area contributed by atoms with Gasteiger partial charge in [0.1, 0.15) is 0 Å². The van der Waals surface area contributed by atoms with E-state index in [2.05, 4.69) is 47.3 Å². The van der Waals surface area contributed by atoms with Gasteiger partial charge in [0, 0.05) is 12.6 Å². The summed E-state index contributed by atoms with van der Waals surface area (Å²) >= 11 is 0. The van der Waals surface area contributed by atoms with E-state index in [4.69, 9.17) is 4.52 Å². The van der Waals surface area contributed by atoms with Crippen LogP contribution in [0.15, 0.2) is 34.9 Å². The number of hydrogen-bond acceptors (Lipinski definition) is 3. The molecule has 0 saturated carbocycles. The Morgan fingerprint density at radius 3 is 2.65 bits per heavy atom. The minimum atomic E-state index is 0.391. The zero-order chi connectivity index (χ0) is 13.9. The molecule has 1 atom stereocenters. The smallest absolute Gasteiger partial charge is 0.154 e. The van der Waals surface area contributed by atoms with Crippen molar-refractivity contribution in [2.24, 2.45) is 0 Å². The molecule has 1 aliphatic heterocycles. The number of nitrogens with zero attached hydrogens (tertiary/aromatic N) is 2. The summed E-state index contributed by atoms with van der Waals surface area (Å²) in [5.41, 5.74) is 3.75. The fourth-order valence-corrected chi connectivity index (χ4v) is 2.99. The highest BCUT2D eigenvalue weighted by atomic mass is 16.5. The van der Waals surface area contributed by atoms with Gasteiger partial charge in [-0.25, -0.2) is 0 Å². The Kier molecular flexibility index (Phi) is 3.88. The summed E-state index contributed by atoms with van der Waals surface area (Å²) in [5.74, 6) is 1.02. The van der Waals surface area contributed by atoms with Crippen molar-refractivity contribution in [2.75, 3.05) is 6.54 Å². The van der Waals surface area contributed by atoms with E-state index in [9.17, 15) is 0 Å². The maximum absolute atomic E-state index is 5.46. The molecule has 20 heavy (non-hydrogen) atoms. The van der Waals surface area contributed by atoms with Crippen LogP contribution in [0.2, 0.25) is 0 Å². The van der Waals surface area contributed by atoms with Gasteiger partial charge in [-0.2, -0.15) is 0 Å². The lowest BCUT2D eigenvalue weighted by Gasteiger charge is -2.22. The van der Waals surface area contributed by atoms with Crippen LogP contribution >= 0.6 is 0 Å². The Balaban J connectivity index is 1.72. The average molecular weight is 270 g/mol. The first-order chi connectivity index (χ1) is 9.76. The first-order valence-corrected chi connectivity index (χ1v) is 7.51. The minimum absolute atomic E-state index is 0.391. The topological polar surface area (TPSA) is 29.3 Å². The average Bonchev–Trinajstić information content (AvgIpc) is 3.08. The van der Waals surface area contributed by atoms with Gasteiger partial charge in [-0.15, -0.1) is 0 Å². The molecule has 3 nitrogen and oxygen atoms in total. The number of aryl methyl sites for hydroxylation is 2. The van der Waals surface area contributed by atoms with E-state index in [1.54, 1.807) is 0 Å². The Morgan fingerprint density at radius 1 is 1.25 bits per heavy atom. The normalized spacial score (nSPS) is 19.6. The maximum Gasteiger partial charge on any atom is 0.154 e. The second-order valence-electron chi connectivity index (χ2n) is 5.67. The third-order valence-corrected chi connectivity index (χ3v) is 4.16. The maximum atomic E-state index is 5.46. The van der Waals surface area contributed by atoms with Crippen molar-refractivity contribution in [3.05, 3.63) is 52.9 Å². The molecule has 0 radical (unpaired) electrons. The molecule has 1 aromatic carbocycles. The van der Waals surface area contributed by atoms with Crippen LogP contribution in [0.4, 0.5) is 0 Å². The number of likely N-dealkylation sites (tertiary alicyclic amines) is 1. The molecule has 3 rings (SSSR count). The van der Waals surface area contributed by atoms with Gasteiger partial charge in [-0.1, -0.05) is 36.3 Å². The van der Waals surface area contributed by atoms with Gasteiger partial charge in [0.25, 0.3) is 0 Å². The Labute approximate surface area is 120 Å². The molecule has 0 amide bonds. The van der Waals surface area contributed by atoms with Crippen LogP contribution in [0.25, 0.3) is 0 Å². The molecule has 0 aliphatic carbocycles. The molecule has 0 N–H and O–H groups in total. The highest BCUT2D eigenvalue weighted by molar-refractivity contribution is 5.23. The summed E-state index contributed by atoms with van der Waals surface area (Å²) in [6.07, 6.45) is 3.50. The number of benzene rings is 1. The third kappa shape index (κ3) is 2.78. The monoisotopic (exact) mass is 270 g/mol.